The summed E-state index contributed by atoms with van der Waals surface area (Å²) in [6, 6.07) is 11.8. The molecule has 48 heavy (non-hydrogen) atoms. The minimum absolute atomic E-state index is 0.109. The molecule has 2 heterocycles. The van der Waals surface area contributed by atoms with Crippen LogP contribution in [-0.2, 0) is 37.0 Å². The molecule has 4 aliphatic rings. The summed E-state index contributed by atoms with van der Waals surface area (Å²) in [4.78, 5) is 15.6. The normalized spacial score (nSPS) is 24.3. The number of hydrogen-bond donors (Lipinski definition) is 1. The van der Waals surface area contributed by atoms with E-state index in [9.17, 15) is 9.00 Å². The third-order valence-corrected chi connectivity index (χ3v) is 11.5. The van der Waals surface area contributed by atoms with Gasteiger partial charge in [-0.3, -0.25) is 9.52 Å². The molecule has 266 valence electrons. The molecule has 0 aromatic heterocycles. The molecule has 1 saturated carbocycles. The molecule has 2 aliphatic heterocycles. The first-order chi connectivity index (χ1) is 23.2. The summed E-state index contributed by atoms with van der Waals surface area (Å²) < 4.78 is 38.4. The van der Waals surface area contributed by atoms with Gasteiger partial charge in [-0.15, -0.1) is 0 Å². The minimum atomic E-state index is -1.51. The number of nitrogens with one attached hydrogen (secondary N) is 1. The molecule has 10 heteroatoms. The van der Waals surface area contributed by atoms with Crippen LogP contribution in [0.25, 0.3) is 0 Å². The first kappa shape index (κ1) is 37.1. The van der Waals surface area contributed by atoms with E-state index in [4.69, 9.17) is 30.5 Å². The number of halogens is 1. The SMILES string of the molecule is CCCC(C)C.COCCS(=O)NC(=O)c1ccc2c(c1)N(CC1CCC1CC1OCCCO1)C[C@@]1(CCCc3cc(Cl)ccc31)CO2. The van der Waals surface area contributed by atoms with Gasteiger partial charge in [0.15, 0.2) is 6.29 Å². The lowest BCUT2D eigenvalue weighted by Crippen LogP contribution is -2.48. The Morgan fingerprint density at radius 3 is 2.60 bits per heavy atom. The Bertz CT molecular complexity index is 1380. The van der Waals surface area contributed by atoms with Crippen molar-refractivity contribution < 1.29 is 28.0 Å². The molecular formula is C38H55ClN2O6S. The van der Waals surface area contributed by atoms with Crippen LogP contribution >= 0.6 is 11.6 Å². The van der Waals surface area contributed by atoms with E-state index in [1.807, 2.05) is 18.2 Å². The number of carbonyl (C=O) groups excluding carboxylic acids is 1. The lowest BCUT2D eigenvalue weighted by molar-refractivity contribution is -0.192. The molecule has 1 spiro atoms. The second-order valence-corrected chi connectivity index (χ2v) is 16.0. The van der Waals surface area contributed by atoms with Gasteiger partial charge in [0.25, 0.3) is 5.91 Å². The highest BCUT2D eigenvalue weighted by molar-refractivity contribution is 7.83. The van der Waals surface area contributed by atoms with Crippen LogP contribution in [0.15, 0.2) is 36.4 Å². The summed E-state index contributed by atoms with van der Waals surface area (Å²) in [6.45, 7) is 10.8. The maximum atomic E-state index is 13.1. The number of fused-ring (bicyclic) bond motifs is 3. The van der Waals surface area contributed by atoms with Crippen LogP contribution < -0.4 is 14.4 Å². The summed E-state index contributed by atoms with van der Waals surface area (Å²) >= 11 is 6.41. The molecule has 6 rings (SSSR count). The predicted octanol–water partition coefficient (Wildman–Crippen LogP) is 7.47. The van der Waals surface area contributed by atoms with Crippen LogP contribution in [0.4, 0.5) is 5.69 Å². The van der Waals surface area contributed by atoms with Crippen molar-refractivity contribution in [3.05, 3.63) is 58.1 Å². The van der Waals surface area contributed by atoms with E-state index in [-0.39, 0.29) is 23.4 Å². The number of nitrogens with zero attached hydrogens (tertiary/aromatic N) is 1. The smallest absolute Gasteiger partial charge is 0.263 e. The second-order valence-electron chi connectivity index (χ2n) is 14.3. The Hall–Kier alpha value is -2.17. The summed E-state index contributed by atoms with van der Waals surface area (Å²) in [5.74, 6) is 2.58. The number of anilines is 1. The maximum absolute atomic E-state index is 13.1. The molecule has 1 amide bonds. The van der Waals surface area contributed by atoms with E-state index in [2.05, 4.69) is 42.5 Å². The third kappa shape index (κ3) is 9.53. The van der Waals surface area contributed by atoms with Crippen LogP contribution in [0.2, 0.25) is 5.02 Å². The third-order valence-electron chi connectivity index (χ3n) is 10.3. The van der Waals surface area contributed by atoms with Crippen LogP contribution in [0.1, 0.15) is 93.6 Å². The number of methoxy groups -OCH3 is 1. The number of amides is 1. The average Bonchev–Trinajstić information content (AvgIpc) is 3.22. The van der Waals surface area contributed by atoms with Crippen molar-refractivity contribution in [2.45, 2.75) is 90.3 Å². The molecule has 1 N–H and O–H groups in total. The topological polar surface area (TPSA) is 86.3 Å². The second kappa shape index (κ2) is 17.7. The zero-order valence-electron chi connectivity index (χ0n) is 29.3. The summed E-state index contributed by atoms with van der Waals surface area (Å²) in [6.07, 6.45) is 9.92. The molecule has 2 aliphatic carbocycles. The van der Waals surface area contributed by atoms with Gasteiger partial charge in [0.05, 0.1) is 37.9 Å². The first-order valence-electron chi connectivity index (χ1n) is 17.9. The van der Waals surface area contributed by atoms with Crippen LogP contribution in [0.3, 0.4) is 0 Å². The molecule has 2 fully saturated rings. The predicted molar refractivity (Wildman–Crippen MR) is 193 cm³/mol. The highest BCUT2D eigenvalue weighted by Gasteiger charge is 2.43. The zero-order valence-corrected chi connectivity index (χ0v) is 30.8. The number of ether oxygens (including phenoxy) is 4. The van der Waals surface area contributed by atoms with Gasteiger partial charge >= 0.3 is 0 Å². The zero-order chi connectivity index (χ0) is 34.1. The Balaban J connectivity index is 0.000000689. The van der Waals surface area contributed by atoms with E-state index in [0.717, 1.165) is 87.2 Å². The highest BCUT2D eigenvalue weighted by Crippen LogP contribution is 2.47. The average molecular weight is 703 g/mol. The molecule has 0 bridgehead atoms. The minimum Gasteiger partial charge on any atom is -0.490 e. The van der Waals surface area contributed by atoms with Crippen molar-refractivity contribution in [3.8, 4) is 5.75 Å². The van der Waals surface area contributed by atoms with Crippen molar-refractivity contribution in [1.29, 1.82) is 0 Å². The van der Waals surface area contributed by atoms with E-state index in [1.165, 1.54) is 30.4 Å². The molecule has 2 aromatic rings. The number of hydrogen-bond acceptors (Lipinski definition) is 7. The lowest BCUT2D eigenvalue weighted by Gasteiger charge is -2.45. The van der Waals surface area contributed by atoms with Crippen molar-refractivity contribution in [3.63, 3.8) is 0 Å². The molecule has 8 nitrogen and oxygen atoms in total. The van der Waals surface area contributed by atoms with Crippen LogP contribution in [0, 0.1) is 17.8 Å². The van der Waals surface area contributed by atoms with Crippen molar-refractivity contribution in [1.82, 2.24) is 4.72 Å². The Labute approximate surface area is 295 Å². The van der Waals surface area contributed by atoms with Crippen molar-refractivity contribution in [2.75, 3.05) is 57.3 Å². The van der Waals surface area contributed by atoms with Gasteiger partial charge in [-0.2, -0.15) is 0 Å². The van der Waals surface area contributed by atoms with Crippen molar-refractivity contribution >= 4 is 34.2 Å². The number of aryl methyl sites for hydroxylation is 1. The van der Waals surface area contributed by atoms with Gasteiger partial charge in [-0.1, -0.05) is 51.3 Å². The first-order valence-corrected chi connectivity index (χ1v) is 19.6. The Morgan fingerprint density at radius 1 is 1.12 bits per heavy atom. The van der Waals surface area contributed by atoms with E-state index in [1.54, 1.807) is 13.2 Å². The van der Waals surface area contributed by atoms with E-state index < -0.39 is 11.0 Å². The Morgan fingerprint density at radius 2 is 1.92 bits per heavy atom. The summed E-state index contributed by atoms with van der Waals surface area (Å²) in [5.41, 5.74) is 3.82. The quantitative estimate of drug-likeness (QED) is 0.260. The number of rotatable bonds is 11. The molecule has 0 radical (unpaired) electrons. The van der Waals surface area contributed by atoms with E-state index >= 15 is 0 Å². The van der Waals surface area contributed by atoms with Gasteiger partial charge in [0.2, 0.25) is 0 Å². The monoisotopic (exact) mass is 702 g/mol. The fraction of sp³-hybridized carbons (Fsp3) is 0.658. The van der Waals surface area contributed by atoms with Gasteiger partial charge in [0, 0.05) is 42.6 Å². The maximum Gasteiger partial charge on any atom is 0.263 e. The van der Waals surface area contributed by atoms with Crippen LogP contribution in [-0.4, -0.2) is 68.8 Å². The molecule has 4 atom stereocenters. The van der Waals surface area contributed by atoms with E-state index in [0.29, 0.717) is 30.6 Å². The number of carbonyl (C=O) groups is 1. The van der Waals surface area contributed by atoms with Gasteiger partial charge in [-0.05, 0) is 97.7 Å². The summed E-state index contributed by atoms with van der Waals surface area (Å²) in [7, 11) is 0.0354. The fourth-order valence-corrected chi connectivity index (χ4v) is 8.54. The molecular weight excluding hydrogens is 648 g/mol. The standard InChI is InChI=1S/C32H41ClN2O6S.C6H14/c1-38-14-15-42(37)34-31(36)24-7-10-29-28(17-24)35(19-25-6-5-22(25)18-30-39-12-3-13-40-30)20-32(21-41-29)11-2-4-23-16-26(33)8-9-27(23)32;1-4-5-6(2)3/h7-10,16-17,22,25,30H,2-6,11-15,18-21H2,1H3,(H,34,36);6H,4-5H2,1-3H3/t22?,25?,32-,42?;/m0./s1. The Kier molecular flexibility index (Phi) is 13.6. The molecule has 3 unspecified atom stereocenters. The van der Waals surface area contributed by atoms with Gasteiger partial charge in [-0.25, -0.2) is 4.21 Å². The highest BCUT2D eigenvalue weighted by atomic mass is 35.5. The summed E-state index contributed by atoms with van der Waals surface area (Å²) in [5, 5.41) is 0.767. The lowest BCUT2D eigenvalue weighted by atomic mass is 9.69. The molecule has 1 saturated heterocycles. The largest absolute Gasteiger partial charge is 0.490 e. The van der Waals surface area contributed by atoms with Crippen molar-refractivity contribution in [2.24, 2.45) is 17.8 Å². The van der Waals surface area contributed by atoms with Gasteiger partial charge < -0.3 is 23.8 Å². The fourth-order valence-electron chi connectivity index (χ4n) is 7.60. The molecule has 2 aromatic carbocycles. The van der Waals surface area contributed by atoms with Crippen LogP contribution in [0.5, 0.6) is 5.75 Å². The van der Waals surface area contributed by atoms with Gasteiger partial charge in [0.1, 0.15) is 16.7 Å². The number of benzene rings is 2.